The average molecular weight is 216 g/mol. The Balaban J connectivity index is 2.55. The average Bonchev–Trinajstić information content (AvgIpc) is 2.19. The van der Waals surface area contributed by atoms with E-state index in [4.69, 9.17) is 9.47 Å². The fraction of sp³-hybridized carbons (Fsp3) is 0.909. The Bertz CT molecular complexity index is 215. The lowest BCUT2D eigenvalue weighted by Crippen LogP contribution is -2.48. The van der Waals surface area contributed by atoms with Gasteiger partial charge in [0.15, 0.2) is 5.60 Å². The Morgan fingerprint density at radius 2 is 2.33 bits per heavy atom. The van der Waals surface area contributed by atoms with E-state index in [1.807, 2.05) is 0 Å². The summed E-state index contributed by atoms with van der Waals surface area (Å²) in [6, 6.07) is 0. The van der Waals surface area contributed by atoms with E-state index in [2.05, 4.69) is 6.92 Å². The van der Waals surface area contributed by atoms with Crippen LogP contribution in [0.5, 0.6) is 0 Å². The van der Waals surface area contributed by atoms with Crippen molar-refractivity contribution in [3.63, 3.8) is 0 Å². The number of hydrogen-bond acceptors (Lipinski definition) is 4. The number of hydrogen-bond donors (Lipinski definition) is 1. The van der Waals surface area contributed by atoms with Crippen LogP contribution in [0.3, 0.4) is 0 Å². The highest BCUT2D eigenvalue weighted by Crippen LogP contribution is 2.28. The van der Waals surface area contributed by atoms with Gasteiger partial charge in [-0.15, -0.1) is 0 Å². The van der Waals surface area contributed by atoms with E-state index < -0.39 is 11.6 Å². The van der Waals surface area contributed by atoms with Gasteiger partial charge in [-0.3, -0.25) is 0 Å². The molecule has 0 aromatic rings. The largest absolute Gasteiger partial charge is 0.464 e. The van der Waals surface area contributed by atoms with Crippen molar-refractivity contribution < 1.29 is 19.4 Å². The summed E-state index contributed by atoms with van der Waals surface area (Å²) in [5.41, 5.74) is -1.33. The first-order valence-corrected chi connectivity index (χ1v) is 5.63. The molecule has 1 N–H and O–H groups in total. The van der Waals surface area contributed by atoms with Gasteiger partial charge in [-0.25, -0.2) is 4.79 Å². The summed E-state index contributed by atoms with van der Waals surface area (Å²) >= 11 is 0. The highest BCUT2D eigenvalue weighted by molar-refractivity contribution is 5.79. The van der Waals surface area contributed by atoms with Crippen LogP contribution in [0, 0.1) is 0 Å². The Kier molecular flexibility index (Phi) is 4.54. The first kappa shape index (κ1) is 12.5. The molecule has 2 atom stereocenters. The predicted octanol–water partition coefficient (Wildman–Crippen LogP) is 1.26. The molecule has 15 heavy (non-hydrogen) atoms. The van der Waals surface area contributed by atoms with Gasteiger partial charge in [0.25, 0.3) is 0 Å². The number of carbonyl (C=O) groups excluding carboxylic acids is 1. The molecule has 1 heterocycles. The van der Waals surface area contributed by atoms with Crippen molar-refractivity contribution in [2.45, 2.75) is 51.2 Å². The third-order valence-electron chi connectivity index (χ3n) is 2.70. The Hall–Kier alpha value is -0.610. The minimum Gasteiger partial charge on any atom is -0.464 e. The van der Waals surface area contributed by atoms with E-state index in [9.17, 15) is 9.90 Å². The van der Waals surface area contributed by atoms with Gasteiger partial charge in [-0.1, -0.05) is 13.3 Å². The smallest absolute Gasteiger partial charge is 0.338 e. The van der Waals surface area contributed by atoms with Crippen LogP contribution in [0.4, 0.5) is 0 Å². The predicted molar refractivity (Wildman–Crippen MR) is 55.5 cm³/mol. The molecule has 1 saturated heterocycles. The molecule has 1 rings (SSSR count). The highest BCUT2D eigenvalue weighted by atomic mass is 16.6. The fourth-order valence-electron chi connectivity index (χ4n) is 1.89. The molecule has 0 bridgehead atoms. The van der Waals surface area contributed by atoms with E-state index in [0.29, 0.717) is 26.1 Å². The van der Waals surface area contributed by atoms with Crippen molar-refractivity contribution in [3.05, 3.63) is 0 Å². The van der Waals surface area contributed by atoms with Gasteiger partial charge in [0.05, 0.1) is 19.3 Å². The van der Waals surface area contributed by atoms with Crippen LogP contribution in [-0.4, -0.2) is 36.0 Å². The second kappa shape index (κ2) is 5.47. The number of aliphatic hydroxyl groups is 1. The third-order valence-corrected chi connectivity index (χ3v) is 2.70. The summed E-state index contributed by atoms with van der Waals surface area (Å²) in [4.78, 5) is 11.5. The van der Waals surface area contributed by atoms with Crippen molar-refractivity contribution in [1.82, 2.24) is 0 Å². The van der Waals surface area contributed by atoms with Crippen LogP contribution in [0.1, 0.15) is 39.5 Å². The molecule has 1 fully saturated rings. The lowest BCUT2D eigenvalue weighted by atomic mass is 9.89. The van der Waals surface area contributed by atoms with Crippen molar-refractivity contribution in [2.75, 3.05) is 13.2 Å². The van der Waals surface area contributed by atoms with Crippen LogP contribution >= 0.6 is 0 Å². The van der Waals surface area contributed by atoms with Crippen molar-refractivity contribution >= 4 is 5.97 Å². The van der Waals surface area contributed by atoms with Crippen molar-refractivity contribution in [2.24, 2.45) is 0 Å². The monoisotopic (exact) mass is 216 g/mol. The molecule has 0 spiro atoms. The maximum absolute atomic E-state index is 11.5. The number of rotatable bonds is 4. The molecule has 0 amide bonds. The van der Waals surface area contributed by atoms with E-state index in [0.717, 1.165) is 12.8 Å². The first-order chi connectivity index (χ1) is 7.12. The summed E-state index contributed by atoms with van der Waals surface area (Å²) in [5, 5.41) is 10.1. The van der Waals surface area contributed by atoms with Gasteiger partial charge in [0, 0.05) is 12.8 Å². The molecule has 88 valence electrons. The molecular weight excluding hydrogens is 196 g/mol. The van der Waals surface area contributed by atoms with Crippen LogP contribution in [-0.2, 0) is 14.3 Å². The second-order valence-electron chi connectivity index (χ2n) is 3.99. The molecule has 2 unspecified atom stereocenters. The summed E-state index contributed by atoms with van der Waals surface area (Å²) in [6.45, 7) is 4.53. The maximum atomic E-state index is 11.5. The van der Waals surface area contributed by atoms with Gasteiger partial charge in [-0.05, 0) is 13.3 Å². The third kappa shape index (κ3) is 3.18. The molecule has 0 aromatic heterocycles. The molecule has 1 aliphatic heterocycles. The van der Waals surface area contributed by atoms with Crippen molar-refractivity contribution in [3.8, 4) is 0 Å². The standard InChI is InChI=1S/C11H20O4/c1-3-5-9-8-11(13,6-7-15-9)10(12)14-4-2/h9,13H,3-8H2,1-2H3. The topological polar surface area (TPSA) is 55.8 Å². The summed E-state index contributed by atoms with van der Waals surface area (Å²) in [6.07, 6.45) is 2.55. The van der Waals surface area contributed by atoms with E-state index in [1.54, 1.807) is 6.92 Å². The summed E-state index contributed by atoms with van der Waals surface area (Å²) in [5.74, 6) is -0.505. The first-order valence-electron chi connectivity index (χ1n) is 5.63. The quantitative estimate of drug-likeness (QED) is 0.719. The zero-order valence-electron chi connectivity index (χ0n) is 9.49. The fourth-order valence-corrected chi connectivity index (χ4v) is 1.89. The lowest BCUT2D eigenvalue weighted by molar-refractivity contribution is -0.180. The Morgan fingerprint density at radius 3 is 2.93 bits per heavy atom. The molecular formula is C11H20O4. The molecule has 0 aromatic carbocycles. The van der Waals surface area contributed by atoms with Crippen LogP contribution in [0.15, 0.2) is 0 Å². The summed E-state index contributed by atoms with van der Waals surface area (Å²) < 4.78 is 10.3. The minimum absolute atomic E-state index is 0.0156. The van der Waals surface area contributed by atoms with E-state index in [1.165, 1.54) is 0 Å². The van der Waals surface area contributed by atoms with Gasteiger partial charge in [0.1, 0.15) is 0 Å². The van der Waals surface area contributed by atoms with Gasteiger partial charge in [0.2, 0.25) is 0 Å². The Labute approximate surface area is 90.6 Å². The minimum atomic E-state index is -1.33. The summed E-state index contributed by atoms with van der Waals surface area (Å²) in [7, 11) is 0. The molecule has 0 aliphatic carbocycles. The molecule has 4 nitrogen and oxygen atoms in total. The van der Waals surface area contributed by atoms with Crippen LogP contribution in [0.2, 0.25) is 0 Å². The molecule has 1 aliphatic rings. The van der Waals surface area contributed by atoms with Gasteiger partial charge < -0.3 is 14.6 Å². The molecule has 0 saturated carbocycles. The maximum Gasteiger partial charge on any atom is 0.338 e. The number of esters is 1. The van der Waals surface area contributed by atoms with E-state index >= 15 is 0 Å². The number of carbonyl (C=O) groups is 1. The number of ether oxygens (including phenoxy) is 2. The molecule has 0 radical (unpaired) electrons. The van der Waals surface area contributed by atoms with Crippen molar-refractivity contribution in [1.29, 1.82) is 0 Å². The van der Waals surface area contributed by atoms with Crippen LogP contribution < -0.4 is 0 Å². The van der Waals surface area contributed by atoms with Crippen LogP contribution in [0.25, 0.3) is 0 Å². The second-order valence-corrected chi connectivity index (χ2v) is 3.99. The lowest BCUT2D eigenvalue weighted by Gasteiger charge is -2.34. The molecule has 4 heteroatoms. The highest BCUT2D eigenvalue weighted by Gasteiger charge is 2.42. The zero-order chi connectivity index (χ0) is 11.3. The normalized spacial score (nSPS) is 31.3. The van der Waals surface area contributed by atoms with E-state index in [-0.39, 0.29) is 6.10 Å². The SMILES string of the molecule is CCCC1CC(O)(C(=O)OCC)CCO1. The van der Waals surface area contributed by atoms with Gasteiger partial charge in [-0.2, -0.15) is 0 Å². The zero-order valence-corrected chi connectivity index (χ0v) is 9.49. The Morgan fingerprint density at radius 1 is 1.60 bits per heavy atom. The van der Waals surface area contributed by atoms with Gasteiger partial charge >= 0.3 is 5.97 Å².